The number of methoxy groups -OCH3 is 1. The van der Waals surface area contributed by atoms with Gasteiger partial charge in [0.05, 0.1) is 11.4 Å². The van der Waals surface area contributed by atoms with E-state index in [4.69, 9.17) is 16.3 Å². The lowest BCUT2D eigenvalue weighted by Crippen LogP contribution is -2.52. The molecule has 0 bridgehead atoms. The molecule has 1 amide bonds. The third-order valence-electron chi connectivity index (χ3n) is 4.41. The van der Waals surface area contributed by atoms with Gasteiger partial charge in [-0.3, -0.25) is 4.79 Å². The number of thiophene rings is 1. The van der Waals surface area contributed by atoms with Gasteiger partial charge in [-0.25, -0.2) is 13.2 Å². The first-order valence-electron chi connectivity index (χ1n) is 8.13. The van der Waals surface area contributed by atoms with Gasteiger partial charge in [0.15, 0.2) is 0 Å². The van der Waals surface area contributed by atoms with Gasteiger partial charge >= 0.3 is 5.97 Å². The Morgan fingerprint density at radius 2 is 2.00 bits per heavy atom. The van der Waals surface area contributed by atoms with Gasteiger partial charge in [0, 0.05) is 32.8 Å². The number of hydrogen-bond donors (Lipinski definition) is 0. The summed E-state index contributed by atoms with van der Waals surface area (Å²) in [5, 5.41) is 0. The number of piperazine rings is 1. The minimum Gasteiger partial charge on any atom is -0.465 e. The smallest absolute Gasteiger partial charge is 0.349 e. The van der Waals surface area contributed by atoms with Gasteiger partial charge in [0.1, 0.15) is 15.9 Å². The number of ether oxygens (including phenoxy) is 2. The molecule has 2 saturated heterocycles. The van der Waals surface area contributed by atoms with Crippen LogP contribution >= 0.6 is 22.9 Å². The van der Waals surface area contributed by atoms with Gasteiger partial charge in [-0.15, -0.1) is 11.3 Å². The molecule has 3 rings (SSSR count). The van der Waals surface area contributed by atoms with Crippen LogP contribution in [0.5, 0.6) is 0 Å². The Morgan fingerprint density at radius 1 is 1.31 bits per heavy atom. The minimum absolute atomic E-state index is 0.0460. The summed E-state index contributed by atoms with van der Waals surface area (Å²) >= 11 is 6.77. The SMILES string of the molecule is COC(=O)c1sc(Cl)cc1S(=O)(=O)N1CCN(C(=O)[C@H]2CCCO2)CC1. The second-order valence-corrected chi connectivity index (χ2v) is 9.56. The summed E-state index contributed by atoms with van der Waals surface area (Å²) in [5.74, 6) is -0.832. The van der Waals surface area contributed by atoms with Crippen molar-refractivity contribution in [2.24, 2.45) is 0 Å². The van der Waals surface area contributed by atoms with Crippen LogP contribution in [-0.2, 0) is 24.3 Å². The van der Waals surface area contributed by atoms with Gasteiger partial charge in [-0.1, -0.05) is 11.6 Å². The molecule has 0 radical (unpaired) electrons. The van der Waals surface area contributed by atoms with Crippen LogP contribution in [0.1, 0.15) is 22.5 Å². The molecule has 2 fully saturated rings. The van der Waals surface area contributed by atoms with E-state index < -0.39 is 22.1 Å². The van der Waals surface area contributed by atoms with Crippen molar-refractivity contribution in [3.8, 4) is 0 Å². The molecule has 0 aliphatic carbocycles. The number of carbonyl (C=O) groups is 2. The Hall–Kier alpha value is -1.20. The summed E-state index contributed by atoms with van der Waals surface area (Å²) in [7, 11) is -2.72. The van der Waals surface area contributed by atoms with Crippen molar-refractivity contribution in [2.45, 2.75) is 23.8 Å². The maximum Gasteiger partial charge on any atom is 0.349 e. The molecule has 144 valence electrons. The highest BCUT2D eigenvalue weighted by Gasteiger charge is 2.36. The number of carbonyl (C=O) groups excluding carboxylic acids is 2. The summed E-state index contributed by atoms with van der Waals surface area (Å²) in [6, 6.07) is 1.26. The van der Waals surface area contributed by atoms with E-state index in [0.29, 0.717) is 13.0 Å². The van der Waals surface area contributed by atoms with Gasteiger partial charge in [-0.05, 0) is 18.9 Å². The zero-order valence-electron chi connectivity index (χ0n) is 14.1. The van der Waals surface area contributed by atoms with E-state index in [0.717, 1.165) is 17.8 Å². The zero-order chi connectivity index (χ0) is 18.9. The van der Waals surface area contributed by atoms with Crippen LogP contribution in [-0.4, -0.2) is 75.5 Å². The lowest BCUT2D eigenvalue weighted by Gasteiger charge is -2.35. The predicted molar refractivity (Wildman–Crippen MR) is 95.0 cm³/mol. The molecule has 0 unspecified atom stereocenters. The molecule has 3 heterocycles. The summed E-state index contributed by atoms with van der Waals surface area (Å²) in [6.45, 7) is 1.44. The van der Waals surface area contributed by atoms with Crippen LogP contribution in [0.15, 0.2) is 11.0 Å². The first kappa shape index (κ1) is 19.6. The minimum atomic E-state index is -3.91. The molecule has 1 atom stereocenters. The van der Waals surface area contributed by atoms with Crippen LogP contribution in [0.2, 0.25) is 4.34 Å². The average molecular weight is 423 g/mol. The van der Waals surface area contributed by atoms with Crippen molar-refractivity contribution in [2.75, 3.05) is 39.9 Å². The summed E-state index contributed by atoms with van der Waals surface area (Å²) in [4.78, 5) is 25.6. The number of amides is 1. The highest BCUT2D eigenvalue weighted by molar-refractivity contribution is 7.89. The van der Waals surface area contributed by atoms with Crippen LogP contribution < -0.4 is 0 Å². The number of halogens is 1. The first-order valence-corrected chi connectivity index (χ1v) is 10.8. The second-order valence-electron chi connectivity index (χ2n) is 5.97. The number of hydrogen-bond acceptors (Lipinski definition) is 7. The van der Waals surface area contributed by atoms with Gasteiger partial charge in [0.2, 0.25) is 10.0 Å². The van der Waals surface area contributed by atoms with E-state index in [9.17, 15) is 18.0 Å². The fourth-order valence-corrected chi connectivity index (χ4v) is 6.16. The number of esters is 1. The van der Waals surface area contributed by atoms with Crippen molar-refractivity contribution in [1.29, 1.82) is 0 Å². The van der Waals surface area contributed by atoms with Crippen molar-refractivity contribution in [3.05, 3.63) is 15.3 Å². The number of nitrogens with zero attached hydrogens (tertiary/aromatic N) is 2. The Kier molecular flexibility index (Phi) is 5.88. The Bertz CT molecular complexity index is 795. The molecule has 2 aliphatic rings. The lowest BCUT2D eigenvalue weighted by molar-refractivity contribution is -0.142. The van der Waals surface area contributed by atoms with Crippen LogP contribution in [0.25, 0.3) is 0 Å². The molecule has 0 N–H and O–H groups in total. The van der Waals surface area contributed by atoms with Crippen molar-refractivity contribution >= 4 is 44.8 Å². The Balaban J connectivity index is 1.72. The van der Waals surface area contributed by atoms with Crippen LogP contribution in [0, 0.1) is 0 Å². The van der Waals surface area contributed by atoms with E-state index in [1.807, 2.05) is 0 Å². The maximum absolute atomic E-state index is 12.9. The molecule has 0 saturated carbocycles. The molecule has 8 nitrogen and oxygen atoms in total. The van der Waals surface area contributed by atoms with E-state index in [1.165, 1.54) is 17.5 Å². The molecule has 26 heavy (non-hydrogen) atoms. The quantitative estimate of drug-likeness (QED) is 0.677. The fraction of sp³-hybridized carbons (Fsp3) is 0.600. The normalized spacial score (nSPS) is 21.8. The molecular formula is C15H19ClN2O6S2. The zero-order valence-corrected chi connectivity index (χ0v) is 16.5. The molecule has 11 heteroatoms. The summed E-state index contributed by atoms with van der Waals surface area (Å²) in [5.41, 5.74) is 0. The molecule has 0 aromatic carbocycles. The molecular weight excluding hydrogens is 404 g/mol. The third-order valence-corrected chi connectivity index (χ3v) is 7.71. The monoisotopic (exact) mass is 422 g/mol. The topological polar surface area (TPSA) is 93.2 Å². The number of sulfonamides is 1. The van der Waals surface area contributed by atoms with Gasteiger partial charge < -0.3 is 14.4 Å². The average Bonchev–Trinajstić information content (AvgIpc) is 3.30. The number of rotatable bonds is 4. The molecule has 0 spiro atoms. The van der Waals surface area contributed by atoms with Crippen molar-refractivity contribution in [1.82, 2.24) is 9.21 Å². The van der Waals surface area contributed by atoms with Crippen LogP contribution in [0.3, 0.4) is 0 Å². The molecule has 1 aromatic heterocycles. The van der Waals surface area contributed by atoms with E-state index >= 15 is 0 Å². The Morgan fingerprint density at radius 3 is 2.58 bits per heavy atom. The lowest BCUT2D eigenvalue weighted by atomic mass is 10.2. The highest BCUT2D eigenvalue weighted by atomic mass is 35.5. The molecule has 2 aliphatic heterocycles. The summed E-state index contributed by atoms with van der Waals surface area (Å²) < 4.78 is 37.3. The largest absolute Gasteiger partial charge is 0.465 e. The fourth-order valence-electron chi connectivity index (χ4n) is 3.04. The van der Waals surface area contributed by atoms with Crippen LogP contribution in [0.4, 0.5) is 0 Å². The summed E-state index contributed by atoms with van der Waals surface area (Å²) in [6.07, 6.45) is 1.15. The third kappa shape index (κ3) is 3.74. The van der Waals surface area contributed by atoms with Crippen molar-refractivity contribution < 1.29 is 27.5 Å². The van der Waals surface area contributed by atoms with E-state index in [2.05, 4.69) is 4.74 Å². The van der Waals surface area contributed by atoms with E-state index in [-0.39, 0.29) is 46.2 Å². The second kappa shape index (κ2) is 7.81. The Labute approximate surface area is 160 Å². The van der Waals surface area contributed by atoms with Gasteiger partial charge in [-0.2, -0.15) is 4.31 Å². The van der Waals surface area contributed by atoms with Gasteiger partial charge in [0.25, 0.3) is 5.91 Å². The maximum atomic E-state index is 12.9. The first-order chi connectivity index (χ1) is 12.3. The molecule has 1 aromatic rings. The standard InChI is InChI=1S/C15H19ClN2O6S2/c1-23-15(20)13-11(9-12(16)25-13)26(21,22)18-6-4-17(5-7-18)14(19)10-3-2-8-24-10/h9-10H,2-8H2,1H3/t10-/m1/s1. The predicted octanol–water partition coefficient (Wildman–Crippen LogP) is 1.20. The van der Waals surface area contributed by atoms with E-state index in [1.54, 1.807) is 4.90 Å². The highest BCUT2D eigenvalue weighted by Crippen LogP contribution is 2.33. The van der Waals surface area contributed by atoms with Crippen molar-refractivity contribution in [3.63, 3.8) is 0 Å².